The number of methoxy groups -OCH3 is 3. The monoisotopic (exact) mass is 364 g/mol. The molecule has 10 atom stereocenters. The van der Waals surface area contributed by atoms with Crippen LogP contribution in [-0.2, 0) is 23.7 Å². The SMILES string of the molecule is COC1C(N)CC(N)C(OC2OC(CN)C(OC)C(OC)C2N)C1O. The van der Waals surface area contributed by atoms with E-state index in [1.807, 2.05) is 0 Å². The van der Waals surface area contributed by atoms with Gasteiger partial charge in [-0.2, -0.15) is 0 Å². The van der Waals surface area contributed by atoms with Crippen LogP contribution in [0.15, 0.2) is 0 Å². The Morgan fingerprint density at radius 1 is 0.920 bits per heavy atom. The summed E-state index contributed by atoms with van der Waals surface area (Å²) in [5.74, 6) is 0. The topological polar surface area (TPSA) is 170 Å². The van der Waals surface area contributed by atoms with Crippen molar-refractivity contribution in [1.29, 1.82) is 0 Å². The number of aliphatic hydroxyl groups is 1. The van der Waals surface area contributed by atoms with E-state index < -0.39 is 55.0 Å². The van der Waals surface area contributed by atoms with E-state index in [0.717, 1.165) is 0 Å². The van der Waals surface area contributed by atoms with Crippen LogP contribution < -0.4 is 22.9 Å². The quantitative estimate of drug-likeness (QED) is 0.324. The van der Waals surface area contributed by atoms with Gasteiger partial charge in [0.2, 0.25) is 0 Å². The molecule has 0 aromatic heterocycles. The van der Waals surface area contributed by atoms with Crippen molar-refractivity contribution >= 4 is 0 Å². The van der Waals surface area contributed by atoms with Gasteiger partial charge >= 0.3 is 0 Å². The first kappa shape index (κ1) is 20.9. The molecule has 0 spiro atoms. The largest absolute Gasteiger partial charge is 0.388 e. The smallest absolute Gasteiger partial charge is 0.176 e. The van der Waals surface area contributed by atoms with Crippen LogP contribution >= 0.6 is 0 Å². The molecule has 25 heavy (non-hydrogen) atoms. The van der Waals surface area contributed by atoms with Crippen molar-refractivity contribution in [3.8, 4) is 0 Å². The molecule has 10 unspecified atom stereocenters. The Morgan fingerprint density at radius 3 is 2.00 bits per heavy atom. The lowest BCUT2D eigenvalue weighted by atomic mass is 9.84. The summed E-state index contributed by atoms with van der Waals surface area (Å²) in [6.07, 6.45) is -4.10. The number of nitrogens with two attached hydrogens (primary N) is 4. The Morgan fingerprint density at radius 2 is 1.48 bits per heavy atom. The van der Waals surface area contributed by atoms with Gasteiger partial charge in [-0.3, -0.25) is 0 Å². The van der Waals surface area contributed by atoms with Gasteiger partial charge in [0.25, 0.3) is 0 Å². The third-order valence-corrected chi connectivity index (χ3v) is 5.09. The molecule has 1 heterocycles. The molecule has 2 fully saturated rings. The van der Waals surface area contributed by atoms with E-state index in [9.17, 15) is 5.11 Å². The molecule has 2 aliphatic rings. The highest BCUT2D eigenvalue weighted by atomic mass is 16.7. The van der Waals surface area contributed by atoms with Crippen molar-refractivity contribution in [1.82, 2.24) is 0 Å². The number of hydrogen-bond donors (Lipinski definition) is 5. The fourth-order valence-corrected chi connectivity index (χ4v) is 3.74. The van der Waals surface area contributed by atoms with Crippen LogP contribution in [0.1, 0.15) is 6.42 Å². The van der Waals surface area contributed by atoms with Crippen molar-refractivity contribution in [2.75, 3.05) is 27.9 Å². The molecule has 1 saturated heterocycles. The minimum absolute atomic E-state index is 0.204. The number of rotatable bonds is 6. The predicted octanol–water partition coefficient (Wildman–Crippen LogP) is -3.15. The summed E-state index contributed by atoms with van der Waals surface area (Å²) in [4.78, 5) is 0. The van der Waals surface area contributed by atoms with Gasteiger partial charge in [-0.25, -0.2) is 0 Å². The average Bonchev–Trinajstić information content (AvgIpc) is 2.59. The minimum Gasteiger partial charge on any atom is -0.388 e. The Bertz CT molecular complexity index is 419. The maximum Gasteiger partial charge on any atom is 0.176 e. The van der Waals surface area contributed by atoms with Crippen LogP contribution in [0, 0.1) is 0 Å². The lowest BCUT2D eigenvalue weighted by Crippen LogP contribution is -2.68. The van der Waals surface area contributed by atoms with Gasteiger partial charge in [-0.1, -0.05) is 0 Å². The first-order valence-electron chi connectivity index (χ1n) is 8.43. The summed E-state index contributed by atoms with van der Waals surface area (Å²) in [6.45, 7) is 0.204. The highest BCUT2D eigenvalue weighted by Gasteiger charge is 2.49. The summed E-state index contributed by atoms with van der Waals surface area (Å²) < 4.78 is 28.0. The second-order valence-corrected chi connectivity index (χ2v) is 6.61. The summed E-state index contributed by atoms with van der Waals surface area (Å²) in [5, 5.41) is 10.5. The first-order valence-corrected chi connectivity index (χ1v) is 8.43. The fraction of sp³-hybridized carbons (Fsp3) is 1.00. The van der Waals surface area contributed by atoms with Crippen LogP contribution in [0.3, 0.4) is 0 Å². The normalized spacial score (nSPS) is 48.5. The Kier molecular flexibility index (Phi) is 7.52. The third kappa shape index (κ3) is 4.14. The van der Waals surface area contributed by atoms with E-state index in [-0.39, 0.29) is 12.6 Å². The molecule has 0 bridgehead atoms. The van der Waals surface area contributed by atoms with E-state index in [4.69, 9.17) is 46.6 Å². The maximum absolute atomic E-state index is 10.5. The van der Waals surface area contributed by atoms with Gasteiger partial charge in [0.15, 0.2) is 6.29 Å². The highest BCUT2D eigenvalue weighted by Crippen LogP contribution is 2.29. The molecular weight excluding hydrogens is 332 g/mol. The van der Waals surface area contributed by atoms with Crippen molar-refractivity contribution in [2.24, 2.45) is 22.9 Å². The lowest BCUT2D eigenvalue weighted by Gasteiger charge is -2.47. The van der Waals surface area contributed by atoms with Crippen LogP contribution in [-0.4, -0.2) is 94.0 Å². The van der Waals surface area contributed by atoms with Crippen LogP contribution in [0.25, 0.3) is 0 Å². The van der Waals surface area contributed by atoms with E-state index in [0.29, 0.717) is 6.42 Å². The number of ether oxygens (including phenoxy) is 5. The first-order chi connectivity index (χ1) is 11.9. The van der Waals surface area contributed by atoms with Crippen molar-refractivity contribution in [3.63, 3.8) is 0 Å². The molecular formula is C15H32N4O6. The second-order valence-electron chi connectivity index (χ2n) is 6.61. The molecule has 9 N–H and O–H groups in total. The Hall–Kier alpha value is -0.400. The zero-order valence-electron chi connectivity index (χ0n) is 15.0. The molecule has 148 valence electrons. The summed E-state index contributed by atoms with van der Waals surface area (Å²) in [5.41, 5.74) is 24.1. The van der Waals surface area contributed by atoms with Crippen molar-refractivity contribution in [3.05, 3.63) is 0 Å². The summed E-state index contributed by atoms with van der Waals surface area (Å²) in [6, 6.07) is -1.50. The molecule has 2 rings (SSSR count). The summed E-state index contributed by atoms with van der Waals surface area (Å²) in [7, 11) is 4.56. The second kappa shape index (κ2) is 9.00. The van der Waals surface area contributed by atoms with Crippen molar-refractivity contribution in [2.45, 2.75) is 67.5 Å². The maximum atomic E-state index is 10.5. The molecule has 0 radical (unpaired) electrons. The van der Waals surface area contributed by atoms with Gasteiger partial charge < -0.3 is 51.7 Å². The molecule has 0 aromatic carbocycles. The number of aliphatic hydroxyl groups excluding tert-OH is 1. The Balaban J connectivity index is 2.14. The lowest BCUT2D eigenvalue weighted by molar-refractivity contribution is -0.293. The predicted molar refractivity (Wildman–Crippen MR) is 89.5 cm³/mol. The van der Waals surface area contributed by atoms with Gasteiger partial charge in [0, 0.05) is 40.0 Å². The standard InChI is InChI=1S/C15H32N4O6/c1-21-11-6(17)4-7(18)12(10(11)20)25-15-9(19)14(23-3)13(22-2)8(5-16)24-15/h6-15,20H,4-5,16-19H2,1-3H3. The molecule has 1 saturated carbocycles. The average molecular weight is 364 g/mol. The van der Waals surface area contributed by atoms with E-state index in [1.54, 1.807) is 7.11 Å². The molecule has 0 aromatic rings. The van der Waals surface area contributed by atoms with Crippen molar-refractivity contribution < 1.29 is 28.8 Å². The molecule has 10 heteroatoms. The van der Waals surface area contributed by atoms with Gasteiger partial charge in [-0.15, -0.1) is 0 Å². The molecule has 10 nitrogen and oxygen atoms in total. The number of hydrogen-bond acceptors (Lipinski definition) is 10. The van der Waals surface area contributed by atoms with Gasteiger partial charge in [0.1, 0.15) is 36.6 Å². The van der Waals surface area contributed by atoms with E-state index >= 15 is 0 Å². The van der Waals surface area contributed by atoms with E-state index in [2.05, 4.69) is 0 Å². The van der Waals surface area contributed by atoms with Crippen LogP contribution in [0.5, 0.6) is 0 Å². The summed E-state index contributed by atoms with van der Waals surface area (Å²) >= 11 is 0. The zero-order chi connectivity index (χ0) is 18.7. The highest BCUT2D eigenvalue weighted by molar-refractivity contribution is 5.00. The van der Waals surface area contributed by atoms with Gasteiger partial charge in [0.05, 0.1) is 6.04 Å². The minimum atomic E-state index is -1.00. The third-order valence-electron chi connectivity index (χ3n) is 5.09. The van der Waals surface area contributed by atoms with E-state index in [1.165, 1.54) is 14.2 Å². The van der Waals surface area contributed by atoms with Gasteiger partial charge in [-0.05, 0) is 6.42 Å². The molecule has 0 amide bonds. The zero-order valence-corrected chi connectivity index (χ0v) is 15.0. The van der Waals surface area contributed by atoms with Crippen LogP contribution in [0.2, 0.25) is 0 Å². The molecule has 1 aliphatic heterocycles. The fourth-order valence-electron chi connectivity index (χ4n) is 3.74. The Labute approximate surface area is 148 Å². The van der Waals surface area contributed by atoms with Crippen LogP contribution in [0.4, 0.5) is 0 Å². The molecule has 1 aliphatic carbocycles.